The Bertz CT molecular complexity index is 624. The second-order valence-corrected chi connectivity index (χ2v) is 4.05. The fourth-order valence-corrected chi connectivity index (χ4v) is 1.53. The molecule has 5 nitrogen and oxygen atoms in total. The lowest BCUT2D eigenvalue weighted by Crippen LogP contribution is -2.23. The molecule has 20 heavy (non-hydrogen) atoms. The van der Waals surface area contributed by atoms with Crippen molar-refractivity contribution in [2.45, 2.75) is 6.54 Å². The van der Waals surface area contributed by atoms with Crippen LogP contribution in [0, 0.1) is 5.82 Å². The van der Waals surface area contributed by atoms with Crippen molar-refractivity contribution < 1.29 is 19.1 Å². The van der Waals surface area contributed by atoms with Gasteiger partial charge in [-0.3, -0.25) is 9.78 Å². The summed E-state index contributed by atoms with van der Waals surface area (Å²) in [6.45, 7) is 0.238. The normalized spacial score (nSPS) is 10.1. The minimum atomic E-state index is -1.10. The van der Waals surface area contributed by atoms with Gasteiger partial charge in [0, 0.05) is 12.7 Å². The summed E-state index contributed by atoms with van der Waals surface area (Å²) in [5, 5.41) is 11.3. The highest BCUT2D eigenvalue weighted by Gasteiger charge is 2.09. The first-order valence-electron chi connectivity index (χ1n) is 5.78. The molecule has 0 atom stereocenters. The Morgan fingerprint density at radius 3 is 2.40 bits per heavy atom. The van der Waals surface area contributed by atoms with Gasteiger partial charge in [-0.1, -0.05) is 12.1 Å². The lowest BCUT2D eigenvalue weighted by atomic mass is 10.2. The summed E-state index contributed by atoms with van der Waals surface area (Å²) >= 11 is 0. The number of nitrogens with one attached hydrogen (secondary N) is 1. The van der Waals surface area contributed by atoms with Crippen LogP contribution in [-0.4, -0.2) is 22.0 Å². The number of hydrogen-bond donors (Lipinski definition) is 2. The van der Waals surface area contributed by atoms with Gasteiger partial charge in [-0.2, -0.15) is 0 Å². The van der Waals surface area contributed by atoms with E-state index in [1.54, 1.807) is 12.1 Å². The van der Waals surface area contributed by atoms with Gasteiger partial charge < -0.3 is 10.4 Å². The van der Waals surface area contributed by atoms with Crippen molar-refractivity contribution in [3.63, 3.8) is 0 Å². The number of carboxylic acids is 1. The van der Waals surface area contributed by atoms with Crippen LogP contribution in [0.3, 0.4) is 0 Å². The van der Waals surface area contributed by atoms with E-state index in [1.165, 1.54) is 24.3 Å². The van der Waals surface area contributed by atoms with E-state index in [4.69, 9.17) is 5.11 Å². The maximum absolute atomic E-state index is 12.7. The second-order valence-electron chi connectivity index (χ2n) is 4.05. The van der Waals surface area contributed by atoms with Crippen molar-refractivity contribution in [2.24, 2.45) is 0 Å². The fourth-order valence-electron chi connectivity index (χ4n) is 1.53. The Morgan fingerprint density at radius 2 is 1.85 bits per heavy atom. The van der Waals surface area contributed by atoms with Gasteiger partial charge in [0.25, 0.3) is 5.91 Å². The Morgan fingerprint density at radius 1 is 1.15 bits per heavy atom. The molecule has 0 bridgehead atoms. The SMILES string of the molecule is O=C(O)c1ccc(C(=O)NCc2ccc(F)cc2)nc1. The van der Waals surface area contributed by atoms with Crippen molar-refractivity contribution in [2.75, 3.05) is 0 Å². The van der Waals surface area contributed by atoms with E-state index < -0.39 is 11.9 Å². The van der Waals surface area contributed by atoms with Crippen LogP contribution in [0.1, 0.15) is 26.4 Å². The van der Waals surface area contributed by atoms with Gasteiger partial charge in [-0.25, -0.2) is 9.18 Å². The average molecular weight is 274 g/mol. The van der Waals surface area contributed by atoms with E-state index >= 15 is 0 Å². The molecule has 0 aliphatic rings. The topological polar surface area (TPSA) is 79.3 Å². The first kappa shape index (κ1) is 13.7. The quantitative estimate of drug-likeness (QED) is 0.891. The van der Waals surface area contributed by atoms with Crippen LogP contribution < -0.4 is 5.32 Å². The number of pyridine rings is 1. The van der Waals surface area contributed by atoms with Crippen molar-refractivity contribution in [1.29, 1.82) is 0 Å². The van der Waals surface area contributed by atoms with Gasteiger partial charge in [0.2, 0.25) is 0 Å². The zero-order valence-electron chi connectivity index (χ0n) is 10.3. The van der Waals surface area contributed by atoms with Crippen LogP contribution in [-0.2, 0) is 6.54 Å². The smallest absolute Gasteiger partial charge is 0.337 e. The number of carboxylic acid groups (broad SMARTS) is 1. The molecule has 0 unspecified atom stereocenters. The molecule has 0 radical (unpaired) electrons. The summed E-state index contributed by atoms with van der Waals surface area (Å²) in [6, 6.07) is 8.39. The molecule has 6 heteroatoms. The van der Waals surface area contributed by atoms with Crippen molar-refractivity contribution >= 4 is 11.9 Å². The van der Waals surface area contributed by atoms with Crippen LogP contribution in [0.2, 0.25) is 0 Å². The van der Waals surface area contributed by atoms with E-state index in [1.807, 2.05) is 0 Å². The molecule has 0 saturated carbocycles. The molecule has 2 N–H and O–H groups in total. The van der Waals surface area contributed by atoms with Gasteiger partial charge in [0.15, 0.2) is 0 Å². The summed E-state index contributed by atoms with van der Waals surface area (Å²) in [4.78, 5) is 26.2. The molecular formula is C14H11FN2O3. The Kier molecular flexibility index (Phi) is 4.05. The summed E-state index contributed by atoms with van der Waals surface area (Å²) in [5.41, 5.74) is 0.888. The summed E-state index contributed by atoms with van der Waals surface area (Å²) in [7, 11) is 0. The highest BCUT2D eigenvalue weighted by atomic mass is 19.1. The Hall–Kier alpha value is -2.76. The third-order valence-corrected chi connectivity index (χ3v) is 2.61. The lowest BCUT2D eigenvalue weighted by Gasteiger charge is -2.05. The lowest BCUT2D eigenvalue weighted by molar-refractivity contribution is 0.0695. The number of carbonyl (C=O) groups excluding carboxylic acids is 1. The molecule has 0 aliphatic carbocycles. The van der Waals surface area contributed by atoms with Crippen LogP contribution in [0.5, 0.6) is 0 Å². The third kappa shape index (κ3) is 3.38. The van der Waals surface area contributed by atoms with E-state index in [9.17, 15) is 14.0 Å². The van der Waals surface area contributed by atoms with Gasteiger partial charge in [0.05, 0.1) is 5.56 Å². The number of carbonyl (C=O) groups is 2. The average Bonchev–Trinajstić information content (AvgIpc) is 2.46. The van der Waals surface area contributed by atoms with Gasteiger partial charge >= 0.3 is 5.97 Å². The van der Waals surface area contributed by atoms with Crippen molar-refractivity contribution in [3.8, 4) is 0 Å². The maximum atomic E-state index is 12.7. The van der Waals surface area contributed by atoms with Crippen LogP contribution >= 0.6 is 0 Å². The maximum Gasteiger partial charge on any atom is 0.337 e. The number of aromatic nitrogens is 1. The van der Waals surface area contributed by atoms with Crippen molar-refractivity contribution in [3.05, 3.63) is 65.2 Å². The van der Waals surface area contributed by atoms with Crippen molar-refractivity contribution in [1.82, 2.24) is 10.3 Å². The van der Waals surface area contributed by atoms with E-state index in [-0.39, 0.29) is 23.6 Å². The van der Waals surface area contributed by atoms with E-state index in [2.05, 4.69) is 10.3 Å². The molecule has 0 saturated heterocycles. The molecule has 102 valence electrons. The molecule has 0 fully saturated rings. The monoisotopic (exact) mass is 274 g/mol. The number of benzene rings is 1. The van der Waals surface area contributed by atoms with Gasteiger partial charge in [-0.15, -0.1) is 0 Å². The number of rotatable bonds is 4. The molecular weight excluding hydrogens is 263 g/mol. The molecule has 1 heterocycles. The van der Waals surface area contributed by atoms with Crippen LogP contribution in [0.4, 0.5) is 4.39 Å². The number of nitrogens with zero attached hydrogens (tertiary/aromatic N) is 1. The highest BCUT2D eigenvalue weighted by Crippen LogP contribution is 2.04. The standard InChI is InChI=1S/C14H11FN2O3/c15-11-4-1-9(2-5-11)7-17-13(18)12-6-3-10(8-16-12)14(19)20/h1-6,8H,7H2,(H,17,18)(H,19,20). The molecule has 1 amide bonds. The van der Waals surface area contributed by atoms with Gasteiger partial charge in [0.1, 0.15) is 11.5 Å². The Labute approximate surface area is 114 Å². The number of hydrogen-bond acceptors (Lipinski definition) is 3. The minimum Gasteiger partial charge on any atom is -0.478 e. The summed E-state index contributed by atoms with van der Waals surface area (Å²) in [5.74, 6) is -1.87. The Balaban J connectivity index is 1.97. The molecule has 0 aliphatic heterocycles. The molecule has 2 rings (SSSR count). The number of amides is 1. The largest absolute Gasteiger partial charge is 0.478 e. The summed E-state index contributed by atoms with van der Waals surface area (Å²) in [6.07, 6.45) is 1.12. The molecule has 2 aromatic rings. The van der Waals surface area contributed by atoms with Crippen LogP contribution in [0.15, 0.2) is 42.6 Å². The third-order valence-electron chi connectivity index (χ3n) is 2.61. The predicted octanol–water partition coefficient (Wildman–Crippen LogP) is 1.85. The van der Waals surface area contributed by atoms with E-state index in [0.717, 1.165) is 11.8 Å². The first-order valence-corrected chi connectivity index (χ1v) is 5.78. The number of aromatic carboxylic acids is 1. The number of halogens is 1. The molecule has 1 aromatic carbocycles. The second kappa shape index (κ2) is 5.92. The minimum absolute atomic E-state index is 0.0140. The first-order chi connectivity index (χ1) is 9.56. The highest BCUT2D eigenvalue weighted by molar-refractivity contribution is 5.93. The van der Waals surface area contributed by atoms with Crippen LogP contribution in [0.25, 0.3) is 0 Å². The molecule has 0 spiro atoms. The van der Waals surface area contributed by atoms with E-state index in [0.29, 0.717) is 0 Å². The zero-order valence-corrected chi connectivity index (χ0v) is 10.3. The zero-order chi connectivity index (χ0) is 14.5. The fraction of sp³-hybridized carbons (Fsp3) is 0.0714. The summed E-state index contributed by atoms with van der Waals surface area (Å²) < 4.78 is 12.7. The molecule has 1 aromatic heterocycles. The van der Waals surface area contributed by atoms with Gasteiger partial charge in [-0.05, 0) is 29.8 Å². The predicted molar refractivity (Wildman–Crippen MR) is 68.8 cm³/mol.